The fourth-order valence-electron chi connectivity index (χ4n) is 1.12. The van der Waals surface area contributed by atoms with Crippen molar-refractivity contribution in [2.24, 2.45) is 0 Å². The number of carbonyl (C=O) groups excluding carboxylic acids is 1. The summed E-state index contributed by atoms with van der Waals surface area (Å²) in [6, 6.07) is 0. The fourth-order valence-corrected chi connectivity index (χ4v) is 2.39. The molecule has 0 spiro atoms. The summed E-state index contributed by atoms with van der Waals surface area (Å²) in [6.07, 6.45) is 4.09. The van der Waals surface area contributed by atoms with E-state index in [1.165, 1.54) is 5.82 Å². The molecule has 5 heteroatoms. The van der Waals surface area contributed by atoms with Crippen LogP contribution in [0.2, 0.25) is 0 Å². The molecule has 0 radical (unpaired) electrons. The first-order chi connectivity index (χ1) is 7.52. The lowest BCUT2D eigenvalue weighted by Crippen LogP contribution is -2.04. The summed E-state index contributed by atoms with van der Waals surface area (Å²) < 4.78 is 16.2. The molecule has 1 atom stereocenters. The van der Waals surface area contributed by atoms with Crippen LogP contribution in [0, 0.1) is 0 Å². The number of allylic oxidation sites excluding steroid dienone is 1. The van der Waals surface area contributed by atoms with Crippen LogP contribution < -0.4 is 0 Å². The van der Waals surface area contributed by atoms with Crippen LogP contribution in [0.15, 0.2) is 11.9 Å². The highest BCUT2D eigenvalue weighted by atomic mass is 31.2. The maximum atomic E-state index is 11.4. The molecule has 0 aromatic carbocycles. The van der Waals surface area contributed by atoms with Gasteiger partial charge in [-0.15, -0.1) is 0 Å². The van der Waals surface area contributed by atoms with E-state index < -0.39 is 7.37 Å². The standard InChI is InChI=1S/C11H21O4P/c1-3-8-15-11(12)7-5-6-10-16(13,14)9-4-2/h6,10H,3-5,7-9H2,1-2H3,(H,13,14). The van der Waals surface area contributed by atoms with E-state index >= 15 is 0 Å². The lowest BCUT2D eigenvalue weighted by molar-refractivity contribution is -0.143. The number of esters is 1. The van der Waals surface area contributed by atoms with Gasteiger partial charge in [0.1, 0.15) is 0 Å². The third-order valence-corrected chi connectivity index (χ3v) is 3.63. The summed E-state index contributed by atoms with van der Waals surface area (Å²) >= 11 is 0. The van der Waals surface area contributed by atoms with Crippen molar-refractivity contribution in [2.45, 2.75) is 39.5 Å². The molecular weight excluding hydrogens is 227 g/mol. The maximum Gasteiger partial charge on any atom is 0.306 e. The van der Waals surface area contributed by atoms with Crippen molar-refractivity contribution >= 4 is 13.3 Å². The lowest BCUT2D eigenvalue weighted by Gasteiger charge is -2.03. The van der Waals surface area contributed by atoms with Gasteiger partial charge in [-0.25, -0.2) is 0 Å². The van der Waals surface area contributed by atoms with Gasteiger partial charge in [0, 0.05) is 12.6 Å². The van der Waals surface area contributed by atoms with Crippen molar-refractivity contribution in [1.82, 2.24) is 0 Å². The van der Waals surface area contributed by atoms with Crippen molar-refractivity contribution < 1.29 is 19.0 Å². The van der Waals surface area contributed by atoms with Crippen LogP contribution in [0.25, 0.3) is 0 Å². The Morgan fingerprint density at radius 1 is 1.38 bits per heavy atom. The van der Waals surface area contributed by atoms with Crippen LogP contribution >= 0.6 is 7.37 Å². The largest absolute Gasteiger partial charge is 0.466 e. The minimum absolute atomic E-state index is 0.255. The van der Waals surface area contributed by atoms with Crippen LogP contribution in [-0.2, 0) is 14.1 Å². The first kappa shape index (κ1) is 15.4. The molecule has 0 saturated heterocycles. The van der Waals surface area contributed by atoms with Gasteiger partial charge in [0.05, 0.1) is 6.61 Å². The van der Waals surface area contributed by atoms with Gasteiger partial charge in [0.15, 0.2) is 0 Å². The SMILES string of the molecule is CCCOC(=O)CCC=CP(=O)(O)CCC. The van der Waals surface area contributed by atoms with E-state index in [1.807, 2.05) is 13.8 Å². The van der Waals surface area contributed by atoms with Gasteiger partial charge in [-0.2, -0.15) is 0 Å². The molecule has 94 valence electrons. The maximum absolute atomic E-state index is 11.4. The van der Waals surface area contributed by atoms with Crippen molar-refractivity contribution in [3.05, 3.63) is 11.9 Å². The van der Waals surface area contributed by atoms with Gasteiger partial charge in [-0.1, -0.05) is 19.9 Å². The molecule has 0 aliphatic heterocycles. The van der Waals surface area contributed by atoms with E-state index in [-0.39, 0.29) is 12.4 Å². The Morgan fingerprint density at radius 2 is 2.06 bits per heavy atom. The predicted octanol–water partition coefficient (Wildman–Crippen LogP) is 2.91. The monoisotopic (exact) mass is 248 g/mol. The third-order valence-electron chi connectivity index (χ3n) is 1.86. The molecular formula is C11H21O4P. The Bertz CT molecular complexity index is 273. The van der Waals surface area contributed by atoms with Gasteiger partial charge < -0.3 is 9.63 Å². The van der Waals surface area contributed by atoms with E-state index in [4.69, 9.17) is 4.74 Å². The summed E-state index contributed by atoms with van der Waals surface area (Å²) in [5.74, 6) is 1.07. The predicted molar refractivity (Wildman–Crippen MR) is 64.6 cm³/mol. The van der Waals surface area contributed by atoms with Crippen molar-refractivity contribution in [3.8, 4) is 0 Å². The topological polar surface area (TPSA) is 63.6 Å². The second-order valence-electron chi connectivity index (χ2n) is 3.62. The second-order valence-corrected chi connectivity index (χ2v) is 5.88. The van der Waals surface area contributed by atoms with Gasteiger partial charge in [0.25, 0.3) is 0 Å². The van der Waals surface area contributed by atoms with Crippen molar-refractivity contribution in [2.75, 3.05) is 12.8 Å². The van der Waals surface area contributed by atoms with E-state index in [1.54, 1.807) is 6.08 Å². The summed E-state index contributed by atoms with van der Waals surface area (Å²) in [7, 11) is -3.11. The summed E-state index contributed by atoms with van der Waals surface area (Å²) in [5.41, 5.74) is 0. The molecule has 0 fully saturated rings. The van der Waals surface area contributed by atoms with Crippen LogP contribution in [-0.4, -0.2) is 23.6 Å². The zero-order chi connectivity index (χ0) is 12.4. The van der Waals surface area contributed by atoms with Crippen molar-refractivity contribution in [3.63, 3.8) is 0 Å². The molecule has 0 aromatic rings. The minimum Gasteiger partial charge on any atom is -0.466 e. The summed E-state index contributed by atoms with van der Waals surface area (Å²) in [5, 5.41) is 0. The van der Waals surface area contributed by atoms with Gasteiger partial charge >= 0.3 is 5.97 Å². The second kappa shape index (κ2) is 8.54. The molecule has 4 nitrogen and oxygen atoms in total. The molecule has 0 aliphatic rings. The Kier molecular flexibility index (Phi) is 8.22. The average Bonchev–Trinajstić information content (AvgIpc) is 2.21. The molecule has 0 amide bonds. The Labute approximate surface area is 97.1 Å². The molecule has 0 rings (SSSR count). The van der Waals surface area contributed by atoms with E-state index in [9.17, 15) is 14.3 Å². The van der Waals surface area contributed by atoms with E-state index in [2.05, 4.69) is 0 Å². The molecule has 1 unspecified atom stereocenters. The average molecular weight is 248 g/mol. The highest BCUT2D eigenvalue weighted by molar-refractivity contribution is 7.61. The fraction of sp³-hybridized carbons (Fsp3) is 0.727. The number of hydrogen-bond acceptors (Lipinski definition) is 3. The summed E-state index contributed by atoms with van der Waals surface area (Å²) in [4.78, 5) is 20.4. The van der Waals surface area contributed by atoms with E-state index in [0.29, 0.717) is 25.6 Å². The normalized spacial score (nSPS) is 14.9. The molecule has 0 heterocycles. The first-order valence-corrected chi connectivity index (χ1v) is 7.58. The van der Waals surface area contributed by atoms with Crippen LogP contribution in [0.3, 0.4) is 0 Å². The summed E-state index contributed by atoms with van der Waals surface area (Å²) in [6.45, 7) is 4.23. The zero-order valence-corrected chi connectivity index (χ0v) is 10.9. The van der Waals surface area contributed by atoms with Gasteiger partial charge in [-0.3, -0.25) is 9.36 Å². The molecule has 0 aliphatic carbocycles. The number of rotatable bonds is 8. The molecule has 1 N–H and O–H groups in total. The zero-order valence-electron chi connectivity index (χ0n) is 10.0. The smallest absolute Gasteiger partial charge is 0.306 e. The van der Waals surface area contributed by atoms with Crippen LogP contribution in [0.4, 0.5) is 0 Å². The first-order valence-electron chi connectivity index (χ1n) is 5.66. The Balaban J connectivity index is 3.76. The van der Waals surface area contributed by atoms with Crippen molar-refractivity contribution in [1.29, 1.82) is 0 Å². The third kappa shape index (κ3) is 8.69. The molecule has 16 heavy (non-hydrogen) atoms. The highest BCUT2D eigenvalue weighted by Crippen LogP contribution is 2.42. The lowest BCUT2D eigenvalue weighted by atomic mass is 10.3. The Morgan fingerprint density at radius 3 is 2.62 bits per heavy atom. The van der Waals surface area contributed by atoms with E-state index in [0.717, 1.165) is 6.42 Å². The number of ether oxygens (including phenoxy) is 1. The minimum atomic E-state index is -3.11. The molecule has 0 saturated carbocycles. The number of hydrogen-bond donors (Lipinski definition) is 1. The van der Waals surface area contributed by atoms with Crippen LogP contribution in [0.1, 0.15) is 39.5 Å². The highest BCUT2D eigenvalue weighted by Gasteiger charge is 2.10. The Hall–Kier alpha value is -0.600. The quantitative estimate of drug-likeness (QED) is 0.530. The molecule has 0 aromatic heterocycles. The van der Waals surface area contributed by atoms with Gasteiger partial charge in [-0.05, 0) is 25.1 Å². The van der Waals surface area contributed by atoms with Crippen LogP contribution in [0.5, 0.6) is 0 Å². The number of carbonyl (C=O) groups is 1. The molecule has 0 bridgehead atoms. The van der Waals surface area contributed by atoms with Gasteiger partial charge in [0.2, 0.25) is 7.37 Å².